The molecule has 1 saturated carbocycles. The maximum atomic E-state index is 13.4. The van der Waals surface area contributed by atoms with Crippen molar-refractivity contribution in [3.05, 3.63) is 35.6 Å². The molecule has 0 bridgehead atoms. The fourth-order valence-electron chi connectivity index (χ4n) is 3.04. The van der Waals surface area contributed by atoms with Crippen LogP contribution in [0.15, 0.2) is 24.3 Å². The van der Waals surface area contributed by atoms with E-state index in [9.17, 15) is 19.1 Å². The van der Waals surface area contributed by atoms with E-state index in [1.54, 1.807) is 25.1 Å². The van der Waals surface area contributed by atoms with Gasteiger partial charge in [-0.2, -0.15) is 0 Å². The van der Waals surface area contributed by atoms with Crippen LogP contribution < -0.4 is 5.32 Å². The molecule has 5 nitrogen and oxygen atoms in total. The highest BCUT2D eigenvalue weighted by Gasteiger charge is 2.44. The quantitative estimate of drug-likeness (QED) is 0.872. The number of carbonyl (C=O) groups is 2. The van der Waals surface area contributed by atoms with Gasteiger partial charge in [0.1, 0.15) is 17.4 Å². The smallest absolute Gasteiger partial charge is 0.329 e. The highest BCUT2D eigenvalue weighted by molar-refractivity contribution is 5.90. The molecule has 1 aromatic rings. The first-order valence-corrected chi connectivity index (χ1v) is 7.33. The van der Waals surface area contributed by atoms with Crippen molar-refractivity contribution in [2.45, 2.75) is 37.3 Å². The van der Waals surface area contributed by atoms with Crippen LogP contribution in [0.4, 0.5) is 4.39 Å². The highest BCUT2D eigenvalue weighted by atomic mass is 19.1. The SMILES string of the molecule is CN(C)C(C(=O)NC1(C(=O)O)CCCC1)c1cccc(F)c1. The van der Waals surface area contributed by atoms with Crippen molar-refractivity contribution in [2.75, 3.05) is 14.1 Å². The van der Waals surface area contributed by atoms with Crippen LogP contribution in [0.1, 0.15) is 37.3 Å². The van der Waals surface area contributed by atoms with Crippen LogP contribution >= 0.6 is 0 Å². The number of carbonyl (C=O) groups excluding carboxylic acids is 1. The number of amides is 1. The molecule has 120 valence electrons. The zero-order valence-corrected chi connectivity index (χ0v) is 12.8. The third-order valence-electron chi connectivity index (χ3n) is 4.16. The lowest BCUT2D eigenvalue weighted by Gasteiger charge is -2.30. The number of nitrogens with one attached hydrogen (secondary N) is 1. The second kappa shape index (κ2) is 6.44. The van der Waals surface area contributed by atoms with Gasteiger partial charge in [0.15, 0.2) is 0 Å². The molecule has 1 fully saturated rings. The minimum atomic E-state index is -1.20. The Hall–Kier alpha value is -1.95. The first-order valence-electron chi connectivity index (χ1n) is 7.33. The second-order valence-corrected chi connectivity index (χ2v) is 6.00. The van der Waals surface area contributed by atoms with Gasteiger partial charge in [0.05, 0.1) is 0 Å². The fourth-order valence-corrected chi connectivity index (χ4v) is 3.04. The van der Waals surface area contributed by atoms with Crippen molar-refractivity contribution in [3.8, 4) is 0 Å². The van der Waals surface area contributed by atoms with E-state index in [0.29, 0.717) is 18.4 Å². The number of carboxylic acid groups (broad SMARTS) is 1. The van der Waals surface area contributed by atoms with Crippen LogP contribution in [-0.4, -0.2) is 41.5 Å². The van der Waals surface area contributed by atoms with Crippen LogP contribution in [0.25, 0.3) is 0 Å². The Kier molecular flexibility index (Phi) is 4.81. The molecular weight excluding hydrogens is 287 g/mol. The summed E-state index contributed by atoms with van der Waals surface area (Å²) < 4.78 is 13.4. The summed E-state index contributed by atoms with van der Waals surface area (Å²) in [5.41, 5.74) is -0.695. The van der Waals surface area contributed by atoms with Crippen LogP contribution in [-0.2, 0) is 9.59 Å². The van der Waals surface area contributed by atoms with Crippen molar-refractivity contribution in [2.24, 2.45) is 0 Å². The fraction of sp³-hybridized carbons (Fsp3) is 0.500. The molecule has 1 unspecified atom stereocenters. The van der Waals surface area contributed by atoms with Crippen molar-refractivity contribution in [1.29, 1.82) is 0 Å². The van der Waals surface area contributed by atoms with Crippen LogP contribution in [0.3, 0.4) is 0 Å². The summed E-state index contributed by atoms with van der Waals surface area (Å²) in [6.07, 6.45) is 2.41. The lowest BCUT2D eigenvalue weighted by molar-refractivity contribution is -0.148. The lowest BCUT2D eigenvalue weighted by atomic mass is 9.96. The average molecular weight is 308 g/mol. The Labute approximate surface area is 129 Å². The van der Waals surface area contributed by atoms with Gasteiger partial charge in [0, 0.05) is 0 Å². The normalized spacial score (nSPS) is 18.2. The zero-order valence-electron chi connectivity index (χ0n) is 12.8. The van der Waals surface area contributed by atoms with Gasteiger partial charge < -0.3 is 10.4 Å². The summed E-state index contributed by atoms with van der Waals surface area (Å²) in [5, 5.41) is 12.1. The molecule has 0 spiro atoms. The Bertz CT molecular complexity index is 568. The summed E-state index contributed by atoms with van der Waals surface area (Å²) in [4.78, 5) is 25.8. The lowest BCUT2D eigenvalue weighted by Crippen LogP contribution is -2.55. The number of aliphatic carboxylic acids is 1. The minimum absolute atomic E-state index is 0.417. The summed E-state index contributed by atoms with van der Waals surface area (Å²) in [6.45, 7) is 0. The molecule has 6 heteroatoms. The average Bonchev–Trinajstić information content (AvgIpc) is 2.88. The summed E-state index contributed by atoms with van der Waals surface area (Å²) in [6, 6.07) is 5.08. The molecular formula is C16H21FN2O3. The number of rotatable bonds is 5. The van der Waals surface area contributed by atoms with E-state index in [2.05, 4.69) is 5.32 Å². The minimum Gasteiger partial charge on any atom is -0.480 e. The number of benzene rings is 1. The van der Waals surface area contributed by atoms with Crippen LogP contribution in [0.5, 0.6) is 0 Å². The molecule has 2 rings (SSSR count). The van der Waals surface area contributed by atoms with E-state index in [1.807, 2.05) is 0 Å². The van der Waals surface area contributed by atoms with E-state index in [1.165, 1.54) is 18.2 Å². The van der Waals surface area contributed by atoms with Gasteiger partial charge in [-0.05, 0) is 44.6 Å². The van der Waals surface area contributed by atoms with Crippen molar-refractivity contribution in [3.63, 3.8) is 0 Å². The topological polar surface area (TPSA) is 69.6 Å². The number of hydrogen-bond acceptors (Lipinski definition) is 3. The monoisotopic (exact) mass is 308 g/mol. The van der Waals surface area contributed by atoms with Crippen LogP contribution in [0.2, 0.25) is 0 Å². The number of hydrogen-bond donors (Lipinski definition) is 2. The Balaban J connectivity index is 2.25. The first kappa shape index (κ1) is 16.4. The molecule has 1 aliphatic carbocycles. The number of halogens is 1. The van der Waals surface area contributed by atoms with Crippen molar-refractivity contribution in [1.82, 2.24) is 10.2 Å². The van der Waals surface area contributed by atoms with Gasteiger partial charge in [-0.3, -0.25) is 9.69 Å². The van der Waals surface area contributed by atoms with Gasteiger partial charge in [0.2, 0.25) is 5.91 Å². The van der Waals surface area contributed by atoms with Gasteiger partial charge in [-0.1, -0.05) is 25.0 Å². The maximum absolute atomic E-state index is 13.4. The predicted octanol–water partition coefficient (Wildman–Crippen LogP) is 1.94. The third-order valence-corrected chi connectivity index (χ3v) is 4.16. The zero-order chi connectivity index (χ0) is 16.3. The van der Waals surface area contributed by atoms with E-state index in [0.717, 1.165) is 12.8 Å². The molecule has 22 heavy (non-hydrogen) atoms. The third kappa shape index (κ3) is 3.27. The van der Waals surface area contributed by atoms with Crippen LogP contribution in [0, 0.1) is 5.82 Å². The van der Waals surface area contributed by atoms with Gasteiger partial charge >= 0.3 is 5.97 Å². The maximum Gasteiger partial charge on any atom is 0.329 e. The molecule has 0 saturated heterocycles. The molecule has 1 atom stereocenters. The van der Waals surface area contributed by atoms with E-state index in [4.69, 9.17) is 0 Å². The molecule has 2 N–H and O–H groups in total. The number of carboxylic acids is 1. The Morgan fingerprint density at radius 2 is 1.95 bits per heavy atom. The number of likely N-dealkylation sites (N-methyl/N-ethyl adjacent to an activating group) is 1. The molecule has 0 aromatic heterocycles. The number of nitrogens with zero attached hydrogens (tertiary/aromatic N) is 1. The van der Waals surface area contributed by atoms with E-state index in [-0.39, 0.29) is 0 Å². The largest absolute Gasteiger partial charge is 0.480 e. The summed E-state index contributed by atoms with van der Waals surface area (Å²) in [5.74, 6) is -1.85. The van der Waals surface area contributed by atoms with Gasteiger partial charge in [-0.25, -0.2) is 9.18 Å². The molecule has 0 heterocycles. The van der Waals surface area contributed by atoms with Gasteiger partial charge in [0.25, 0.3) is 0 Å². The second-order valence-electron chi connectivity index (χ2n) is 6.00. The first-order chi connectivity index (χ1) is 10.4. The summed E-state index contributed by atoms with van der Waals surface area (Å²) in [7, 11) is 3.41. The van der Waals surface area contributed by atoms with Gasteiger partial charge in [-0.15, -0.1) is 0 Å². The standard InChI is InChI=1S/C16H21FN2O3/c1-19(2)13(11-6-5-7-12(17)10-11)14(20)18-16(15(21)22)8-3-4-9-16/h5-7,10,13H,3-4,8-9H2,1-2H3,(H,18,20)(H,21,22). The van der Waals surface area contributed by atoms with E-state index < -0.39 is 29.3 Å². The molecule has 1 amide bonds. The summed E-state index contributed by atoms with van der Waals surface area (Å²) >= 11 is 0. The molecule has 1 aliphatic rings. The predicted molar refractivity (Wildman–Crippen MR) is 79.8 cm³/mol. The Morgan fingerprint density at radius 3 is 2.45 bits per heavy atom. The van der Waals surface area contributed by atoms with Crippen molar-refractivity contribution < 1.29 is 19.1 Å². The molecule has 1 aromatic carbocycles. The highest BCUT2D eigenvalue weighted by Crippen LogP contribution is 2.31. The van der Waals surface area contributed by atoms with E-state index >= 15 is 0 Å². The van der Waals surface area contributed by atoms with Crippen molar-refractivity contribution >= 4 is 11.9 Å². The molecule has 0 aliphatic heterocycles. The molecule has 0 radical (unpaired) electrons. The Morgan fingerprint density at radius 1 is 1.32 bits per heavy atom.